The number of thiophene rings is 1. The van der Waals surface area contributed by atoms with Gasteiger partial charge in [0.1, 0.15) is 0 Å². The van der Waals surface area contributed by atoms with Gasteiger partial charge in [0, 0.05) is 12.2 Å². The van der Waals surface area contributed by atoms with E-state index in [1.807, 2.05) is 23.8 Å². The molecule has 2 rings (SSSR count). The number of hydrogen-bond acceptors (Lipinski definition) is 4. The summed E-state index contributed by atoms with van der Waals surface area (Å²) >= 11 is 1.53. The van der Waals surface area contributed by atoms with Crippen LogP contribution in [0.5, 0.6) is 0 Å². The molecular weight excluding hydrogens is 300 g/mol. The molecule has 1 atom stereocenters. The van der Waals surface area contributed by atoms with E-state index in [4.69, 9.17) is 4.74 Å². The van der Waals surface area contributed by atoms with Gasteiger partial charge < -0.3 is 10.1 Å². The van der Waals surface area contributed by atoms with Crippen LogP contribution in [0.25, 0.3) is 0 Å². The fraction of sp³-hybridized carbons (Fsp3) is 0.500. The smallest absolute Gasteiger partial charge is 0.337 e. The highest BCUT2D eigenvalue weighted by Gasteiger charge is 2.36. The second-order valence-corrected chi connectivity index (χ2v) is 6.54. The quantitative estimate of drug-likeness (QED) is 0.846. The van der Waals surface area contributed by atoms with Crippen LogP contribution in [-0.2, 0) is 9.53 Å². The van der Waals surface area contributed by atoms with Crippen molar-refractivity contribution >= 4 is 23.3 Å². The van der Waals surface area contributed by atoms with Gasteiger partial charge in [0.15, 0.2) is 0 Å². The fourth-order valence-corrected chi connectivity index (χ4v) is 3.19. The molecule has 0 aromatic carbocycles. The summed E-state index contributed by atoms with van der Waals surface area (Å²) in [4.78, 5) is 26.3. The van der Waals surface area contributed by atoms with Crippen LogP contribution >= 0.6 is 11.3 Å². The Balaban J connectivity index is 2.39. The number of ether oxygens (including phenoxy) is 1. The largest absolute Gasteiger partial charge is 0.466 e. The summed E-state index contributed by atoms with van der Waals surface area (Å²) in [6.07, 6.45) is 0.877. The molecule has 1 aliphatic heterocycles. The number of hydrogen-bond donors (Lipinski definition) is 1. The molecule has 22 heavy (non-hydrogen) atoms. The molecule has 6 heteroatoms. The molecule has 0 unspecified atom stereocenters. The van der Waals surface area contributed by atoms with Gasteiger partial charge in [-0.2, -0.15) is 11.3 Å². The summed E-state index contributed by atoms with van der Waals surface area (Å²) in [7, 11) is 1.36. The van der Waals surface area contributed by atoms with Crippen molar-refractivity contribution in [3.8, 4) is 0 Å². The Morgan fingerprint density at radius 3 is 2.77 bits per heavy atom. The van der Waals surface area contributed by atoms with Gasteiger partial charge >= 0.3 is 12.0 Å². The third kappa shape index (κ3) is 3.32. The first-order valence-corrected chi connectivity index (χ1v) is 8.29. The van der Waals surface area contributed by atoms with Crippen LogP contribution in [0.3, 0.4) is 0 Å². The molecule has 2 amide bonds. The molecule has 1 N–H and O–H groups in total. The molecule has 0 aliphatic carbocycles. The number of amides is 2. The van der Waals surface area contributed by atoms with Gasteiger partial charge in [-0.1, -0.05) is 13.8 Å². The lowest BCUT2D eigenvalue weighted by molar-refractivity contribution is -0.136. The maximum Gasteiger partial charge on any atom is 0.337 e. The molecule has 0 bridgehead atoms. The first-order valence-electron chi connectivity index (χ1n) is 7.35. The molecule has 1 aromatic heterocycles. The minimum Gasteiger partial charge on any atom is -0.466 e. The van der Waals surface area contributed by atoms with Crippen LogP contribution in [-0.4, -0.2) is 30.6 Å². The first kappa shape index (κ1) is 16.5. The summed E-state index contributed by atoms with van der Waals surface area (Å²) < 4.78 is 4.93. The average Bonchev–Trinajstić information content (AvgIpc) is 2.99. The van der Waals surface area contributed by atoms with E-state index in [1.165, 1.54) is 18.4 Å². The number of esters is 1. The van der Waals surface area contributed by atoms with Crippen molar-refractivity contribution in [2.45, 2.75) is 33.2 Å². The molecule has 2 heterocycles. The average molecular weight is 322 g/mol. The van der Waals surface area contributed by atoms with Crippen molar-refractivity contribution in [2.24, 2.45) is 5.92 Å². The third-order valence-electron chi connectivity index (χ3n) is 3.81. The lowest BCUT2D eigenvalue weighted by Crippen LogP contribution is -2.48. The Morgan fingerprint density at radius 1 is 1.50 bits per heavy atom. The summed E-state index contributed by atoms with van der Waals surface area (Å²) in [6.45, 7) is 6.61. The Labute approximate surface area is 135 Å². The Kier molecular flexibility index (Phi) is 5.24. The molecule has 1 aliphatic rings. The Morgan fingerprint density at radius 2 is 2.23 bits per heavy atom. The monoisotopic (exact) mass is 322 g/mol. The van der Waals surface area contributed by atoms with Crippen LogP contribution < -0.4 is 5.32 Å². The first-order chi connectivity index (χ1) is 10.5. The molecule has 120 valence electrons. The van der Waals surface area contributed by atoms with Crippen LogP contribution in [0.2, 0.25) is 0 Å². The number of carbonyl (C=O) groups excluding carboxylic acids is 2. The van der Waals surface area contributed by atoms with E-state index in [0.717, 1.165) is 12.0 Å². The topological polar surface area (TPSA) is 58.6 Å². The van der Waals surface area contributed by atoms with E-state index >= 15 is 0 Å². The van der Waals surface area contributed by atoms with E-state index < -0.39 is 12.0 Å². The summed E-state index contributed by atoms with van der Waals surface area (Å²) in [5.74, 6) is 0.0834. The van der Waals surface area contributed by atoms with Crippen molar-refractivity contribution in [3.63, 3.8) is 0 Å². The maximum absolute atomic E-state index is 12.4. The number of allylic oxidation sites excluding steroid dienone is 1. The van der Waals surface area contributed by atoms with Gasteiger partial charge in [0.25, 0.3) is 0 Å². The summed E-state index contributed by atoms with van der Waals surface area (Å²) in [6, 6.07) is 1.30. The number of methoxy groups -OCH3 is 1. The highest BCUT2D eigenvalue weighted by Crippen LogP contribution is 2.32. The van der Waals surface area contributed by atoms with E-state index in [9.17, 15) is 9.59 Å². The summed E-state index contributed by atoms with van der Waals surface area (Å²) in [5.41, 5.74) is 2.08. The normalized spacial score (nSPS) is 18.7. The van der Waals surface area contributed by atoms with Gasteiger partial charge in [0.2, 0.25) is 0 Å². The molecule has 5 nitrogen and oxygen atoms in total. The van der Waals surface area contributed by atoms with Crippen LogP contribution in [0.15, 0.2) is 28.1 Å². The lowest BCUT2D eigenvalue weighted by Gasteiger charge is -2.35. The second kappa shape index (κ2) is 6.96. The predicted molar refractivity (Wildman–Crippen MR) is 86.5 cm³/mol. The van der Waals surface area contributed by atoms with Gasteiger partial charge in [0.05, 0.1) is 18.7 Å². The van der Waals surface area contributed by atoms with Crippen LogP contribution in [0.1, 0.15) is 38.8 Å². The minimum atomic E-state index is -0.443. The number of rotatable bonds is 5. The molecule has 0 spiro atoms. The van der Waals surface area contributed by atoms with Crippen molar-refractivity contribution in [2.75, 3.05) is 13.7 Å². The van der Waals surface area contributed by atoms with Crippen molar-refractivity contribution < 1.29 is 14.3 Å². The fourth-order valence-electron chi connectivity index (χ4n) is 2.50. The number of urea groups is 1. The maximum atomic E-state index is 12.4. The van der Waals surface area contributed by atoms with E-state index in [-0.39, 0.29) is 6.03 Å². The molecule has 0 saturated carbocycles. The van der Waals surface area contributed by atoms with Crippen molar-refractivity contribution in [1.82, 2.24) is 10.2 Å². The standard InChI is InChI=1S/C16H22N2O3S/c1-10(2)5-7-18-11(3)13(15(19)21-4)14(17-16(18)20)12-6-8-22-9-12/h6,8-10,14H,5,7H2,1-4H3,(H,17,20)/t14-/m0/s1. The third-order valence-corrected chi connectivity index (χ3v) is 4.51. The minimum absolute atomic E-state index is 0.165. The molecule has 0 radical (unpaired) electrons. The van der Waals surface area contributed by atoms with Crippen molar-refractivity contribution in [1.29, 1.82) is 0 Å². The molecule has 0 fully saturated rings. The van der Waals surface area contributed by atoms with Crippen LogP contribution in [0.4, 0.5) is 4.79 Å². The lowest BCUT2D eigenvalue weighted by atomic mass is 9.96. The molecule has 0 saturated heterocycles. The Bertz CT molecular complexity index is 578. The van der Waals surface area contributed by atoms with E-state index in [1.54, 1.807) is 4.90 Å². The highest BCUT2D eigenvalue weighted by molar-refractivity contribution is 7.08. The van der Waals surface area contributed by atoms with E-state index in [2.05, 4.69) is 19.2 Å². The van der Waals surface area contributed by atoms with Gasteiger partial charge in [-0.15, -0.1) is 0 Å². The van der Waals surface area contributed by atoms with Crippen molar-refractivity contribution in [3.05, 3.63) is 33.7 Å². The predicted octanol–water partition coefficient (Wildman–Crippen LogP) is 3.31. The molecule has 1 aromatic rings. The zero-order chi connectivity index (χ0) is 16.3. The van der Waals surface area contributed by atoms with Gasteiger partial charge in [-0.3, -0.25) is 4.90 Å². The second-order valence-electron chi connectivity index (χ2n) is 5.76. The highest BCUT2D eigenvalue weighted by atomic mass is 32.1. The van der Waals surface area contributed by atoms with Gasteiger partial charge in [-0.05, 0) is 41.7 Å². The van der Waals surface area contributed by atoms with Gasteiger partial charge in [-0.25, -0.2) is 9.59 Å². The summed E-state index contributed by atoms with van der Waals surface area (Å²) in [5, 5.41) is 6.79. The Hall–Kier alpha value is -1.82. The molecular formula is C16H22N2O3S. The number of nitrogens with one attached hydrogen (secondary N) is 1. The zero-order valence-corrected chi connectivity index (χ0v) is 14.2. The zero-order valence-electron chi connectivity index (χ0n) is 13.4. The number of nitrogens with zero attached hydrogens (tertiary/aromatic N) is 1. The van der Waals surface area contributed by atoms with E-state index in [0.29, 0.717) is 23.7 Å². The SMILES string of the molecule is COC(=O)C1=C(C)N(CCC(C)C)C(=O)N[C@H]1c1ccsc1. The van der Waals surface area contributed by atoms with Crippen LogP contribution in [0, 0.1) is 5.92 Å². The number of carbonyl (C=O) groups is 2.